The van der Waals surface area contributed by atoms with Crippen LogP contribution in [0.25, 0.3) is 0 Å². The fourth-order valence-electron chi connectivity index (χ4n) is 1.32. The maximum absolute atomic E-state index is 4.17. The summed E-state index contributed by atoms with van der Waals surface area (Å²) in [5.74, 6) is 0.731. The van der Waals surface area contributed by atoms with Crippen LogP contribution in [0, 0.1) is 0 Å². The van der Waals surface area contributed by atoms with E-state index in [1.54, 1.807) is 24.8 Å². The van der Waals surface area contributed by atoms with E-state index in [0.717, 1.165) is 12.5 Å². The fourth-order valence-corrected chi connectivity index (χ4v) is 1.32. The topological polar surface area (TPSA) is 41.9 Å². The minimum atomic E-state index is 0.731. The van der Waals surface area contributed by atoms with Gasteiger partial charge in [-0.3, -0.25) is 4.98 Å². The van der Waals surface area contributed by atoms with Gasteiger partial charge in [0.15, 0.2) is 0 Å². The predicted octanol–water partition coefficient (Wildman–Crippen LogP) is 1.51. The van der Waals surface area contributed by atoms with Gasteiger partial charge in [0.25, 0.3) is 0 Å². The number of anilines is 1. The lowest BCUT2D eigenvalue weighted by molar-refractivity contribution is 0.864. The summed E-state index contributed by atoms with van der Waals surface area (Å²) >= 11 is 0. The first kappa shape index (κ1) is 9.58. The van der Waals surface area contributed by atoms with E-state index in [2.05, 4.69) is 15.0 Å². The summed E-state index contributed by atoms with van der Waals surface area (Å²) in [5, 5.41) is 0. The van der Waals surface area contributed by atoms with Gasteiger partial charge in [-0.2, -0.15) is 0 Å². The molecule has 2 rings (SSSR count). The summed E-state index contributed by atoms with van der Waals surface area (Å²) in [6.07, 6.45) is 7.06. The van der Waals surface area contributed by atoms with Gasteiger partial charge in [0.1, 0.15) is 0 Å². The van der Waals surface area contributed by atoms with Crippen LogP contribution in [0.15, 0.2) is 43.0 Å². The highest BCUT2D eigenvalue weighted by Gasteiger charge is 2.02. The Kier molecular flexibility index (Phi) is 2.88. The minimum Gasteiger partial charge on any atom is -0.340 e. The molecule has 0 aliphatic rings. The molecule has 0 spiro atoms. The SMILES string of the molecule is CN(Cc1ccncc1)c1ncccn1. The van der Waals surface area contributed by atoms with Crippen molar-refractivity contribution in [3.8, 4) is 0 Å². The average molecular weight is 200 g/mol. The molecule has 0 aromatic carbocycles. The molecule has 2 heterocycles. The molecule has 0 saturated heterocycles. The van der Waals surface area contributed by atoms with Crippen LogP contribution < -0.4 is 4.90 Å². The lowest BCUT2D eigenvalue weighted by Gasteiger charge is -2.16. The van der Waals surface area contributed by atoms with E-state index in [1.165, 1.54) is 5.56 Å². The molecular formula is C11H12N4. The molecule has 0 aliphatic heterocycles. The second-order valence-corrected chi connectivity index (χ2v) is 3.26. The number of rotatable bonds is 3. The first-order valence-electron chi connectivity index (χ1n) is 4.73. The lowest BCUT2D eigenvalue weighted by atomic mass is 10.2. The number of hydrogen-bond donors (Lipinski definition) is 0. The van der Waals surface area contributed by atoms with Crippen molar-refractivity contribution in [1.29, 1.82) is 0 Å². The molecule has 0 atom stereocenters. The number of hydrogen-bond acceptors (Lipinski definition) is 4. The maximum Gasteiger partial charge on any atom is 0.225 e. The van der Waals surface area contributed by atoms with Crippen LogP contribution in [-0.2, 0) is 6.54 Å². The normalized spacial score (nSPS) is 9.93. The second-order valence-electron chi connectivity index (χ2n) is 3.26. The molecule has 0 unspecified atom stereocenters. The number of pyridine rings is 1. The van der Waals surface area contributed by atoms with Gasteiger partial charge in [0, 0.05) is 38.4 Å². The summed E-state index contributed by atoms with van der Waals surface area (Å²) in [7, 11) is 1.97. The summed E-state index contributed by atoms with van der Waals surface area (Å²) in [6, 6.07) is 5.78. The lowest BCUT2D eigenvalue weighted by Crippen LogP contribution is -2.18. The molecule has 0 N–H and O–H groups in total. The van der Waals surface area contributed by atoms with Crippen molar-refractivity contribution in [2.24, 2.45) is 0 Å². The van der Waals surface area contributed by atoms with Crippen LogP contribution in [0.2, 0.25) is 0 Å². The molecule has 0 radical (unpaired) electrons. The Balaban J connectivity index is 2.08. The van der Waals surface area contributed by atoms with Gasteiger partial charge >= 0.3 is 0 Å². The van der Waals surface area contributed by atoms with E-state index >= 15 is 0 Å². The summed E-state index contributed by atoms with van der Waals surface area (Å²) in [6.45, 7) is 0.784. The van der Waals surface area contributed by atoms with Gasteiger partial charge in [-0.25, -0.2) is 9.97 Å². The molecule has 0 saturated carbocycles. The molecule has 2 aromatic rings. The van der Waals surface area contributed by atoms with Gasteiger partial charge in [-0.1, -0.05) is 0 Å². The van der Waals surface area contributed by atoms with Crippen LogP contribution in [-0.4, -0.2) is 22.0 Å². The highest BCUT2D eigenvalue weighted by molar-refractivity contribution is 5.29. The molecule has 0 fully saturated rings. The Morgan fingerprint density at radius 1 is 1.07 bits per heavy atom. The van der Waals surface area contributed by atoms with Gasteiger partial charge in [0.05, 0.1) is 0 Å². The smallest absolute Gasteiger partial charge is 0.225 e. The van der Waals surface area contributed by atoms with Crippen LogP contribution >= 0.6 is 0 Å². The fraction of sp³-hybridized carbons (Fsp3) is 0.182. The average Bonchev–Trinajstić information content (AvgIpc) is 2.31. The Hall–Kier alpha value is -1.97. The summed E-state index contributed by atoms with van der Waals surface area (Å²) in [4.78, 5) is 14.3. The van der Waals surface area contributed by atoms with E-state index in [-0.39, 0.29) is 0 Å². The Morgan fingerprint density at radius 2 is 1.73 bits per heavy atom. The molecular weight excluding hydrogens is 188 g/mol. The van der Waals surface area contributed by atoms with Crippen molar-refractivity contribution in [3.05, 3.63) is 48.5 Å². The van der Waals surface area contributed by atoms with Crippen LogP contribution in [0.4, 0.5) is 5.95 Å². The van der Waals surface area contributed by atoms with E-state index in [1.807, 2.05) is 30.1 Å². The molecule has 76 valence electrons. The van der Waals surface area contributed by atoms with Crippen molar-refractivity contribution in [1.82, 2.24) is 15.0 Å². The standard InChI is InChI=1S/C11H12N4/c1-15(11-13-5-2-6-14-11)9-10-3-7-12-8-4-10/h2-8H,9H2,1H3. The van der Waals surface area contributed by atoms with Crippen molar-refractivity contribution in [3.63, 3.8) is 0 Å². The number of aromatic nitrogens is 3. The van der Waals surface area contributed by atoms with Crippen LogP contribution in [0.1, 0.15) is 5.56 Å². The summed E-state index contributed by atoms with van der Waals surface area (Å²) in [5.41, 5.74) is 1.19. The zero-order valence-corrected chi connectivity index (χ0v) is 8.54. The molecule has 15 heavy (non-hydrogen) atoms. The van der Waals surface area contributed by atoms with Crippen molar-refractivity contribution >= 4 is 5.95 Å². The van der Waals surface area contributed by atoms with E-state index in [9.17, 15) is 0 Å². The predicted molar refractivity (Wildman–Crippen MR) is 58.4 cm³/mol. The molecule has 4 heteroatoms. The van der Waals surface area contributed by atoms with Gasteiger partial charge in [-0.05, 0) is 23.8 Å². The molecule has 0 aliphatic carbocycles. The largest absolute Gasteiger partial charge is 0.340 e. The third-order valence-electron chi connectivity index (χ3n) is 2.06. The zero-order chi connectivity index (χ0) is 10.5. The number of nitrogens with zero attached hydrogens (tertiary/aromatic N) is 4. The second kappa shape index (κ2) is 4.50. The Bertz CT molecular complexity index is 401. The highest BCUT2D eigenvalue weighted by atomic mass is 15.2. The van der Waals surface area contributed by atoms with Gasteiger partial charge < -0.3 is 4.90 Å². The first-order chi connectivity index (χ1) is 7.36. The van der Waals surface area contributed by atoms with E-state index < -0.39 is 0 Å². The molecule has 2 aromatic heterocycles. The van der Waals surface area contributed by atoms with Crippen molar-refractivity contribution < 1.29 is 0 Å². The highest BCUT2D eigenvalue weighted by Crippen LogP contribution is 2.07. The van der Waals surface area contributed by atoms with Crippen LogP contribution in [0.3, 0.4) is 0 Å². The zero-order valence-electron chi connectivity index (χ0n) is 8.54. The Labute approximate surface area is 88.6 Å². The van der Waals surface area contributed by atoms with Gasteiger partial charge in [0.2, 0.25) is 5.95 Å². The third kappa shape index (κ3) is 2.49. The van der Waals surface area contributed by atoms with Crippen molar-refractivity contribution in [2.45, 2.75) is 6.54 Å². The minimum absolute atomic E-state index is 0.731. The quantitative estimate of drug-likeness (QED) is 0.753. The summed E-state index contributed by atoms with van der Waals surface area (Å²) < 4.78 is 0. The van der Waals surface area contributed by atoms with E-state index in [4.69, 9.17) is 0 Å². The maximum atomic E-state index is 4.17. The van der Waals surface area contributed by atoms with E-state index in [0.29, 0.717) is 0 Å². The van der Waals surface area contributed by atoms with Gasteiger partial charge in [-0.15, -0.1) is 0 Å². The first-order valence-corrected chi connectivity index (χ1v) is 4.73. The van der Waals surface area contributed by atoms with Crippen molar-refractivity contribution in [2.75, 3.05) is 11.9 Å². The molecule has 0 bridgehead atoms. The molecule has 4 nitrogen and oxygen atoms in total. The third-order valence-corrected chi connectivity index (χ3v) is 2.06. The molecule has 0 amide bonds. The Morgan fingerprint density at radius 3 is 2.40 bits per heavy atom. The monoisotopic (exact) mass is 200 g/mol. The van der Waals surface area contributed by atoms with Crippen LogP contribution in [0.5, 0.6) is 0 Å².